The van der Waals surface area contributed by atoms with Gasteiger partial charge in [0.25, 0.3) is 0 Å². The van der Waals surface area contributed by atoms with E-state index < -0.39 is 0 Å². The molecule has 5 nitrogen and oxygen atoms in total. The number of nitrogens with one attached hydrogen (secondary N) is 1. The summed E-state index contributed by atoms with van der Waals surface area (Å²) in [6.07, 6.45) is 3.34. The molecule has 0 bridgehead atoms. The molecule has 1 N–H and O–H groups in total. The molecule has 6 heteroatoms. The molecule has 20 heavy (non-hydrogen) atoms. The summed E-state index contributed by atoms with van der Waals surface area (Å²) >= 11 is 3.45. The number of fused-ring (bicyclic) bond motifs is 1. The predicted octanol–water partition coefficient (Wildman–Crippen LogP) is 3.33. The van der Waals surface area contributed by atoms with Crippen molar-refractivity contribution in [2.45, 2.75) is 26.3 Å². The highest BCUT2D eigenvalue weighted by Gasteiger charge is 2.04. The highest BCUT2D eigenvalue weighted by Crippen LogP contribution is 2.18. The van der Waals surface area contributed by atoms with E-state index in [1.165, 1.54) is 0 Å². The summed E-state index contributed by atoms with van der Waals surface area (Å²) in [5, 5.41) is 2.74. The summed E-state index contributed by atoms with van der Waals surface area (Å²) in [7, 11) is 0. The molecule has 0 spiro atoms. The number of imidazole rings is 1. The first-order valence-electron chi connectivity index (χ1n) is 6.71. The van der Waals surface area contributed by atoms with Crippen LogP contribution >= 0.6 is 15.9 Å². The van der Waals surface area contributed by atoms with Crippen molar-refractivity contribution in [1.82, 2.24) is 14.9 Å². The Morgan fingerprint density at radius 2 is 2.35 bits per heavy atom. The lowest BCUT2D eigenvalue weighted by atomic mass is 10.3. The van der Waals surface area contributed by atoms with E-state index in [-0.39, 0.29) is 6.09 Å². The van der Waals surface area contributed by atoms with Crippen molar-refractivity contribution in [1.29, 1.82) is 0 Å². The fourth-order valence-corrected chi connectivity index (χ4v) is 2.20. The molecular weight excluding hydrogens is 322 g/mol. The number of nitrogens with zero attached hydrogens (tertiary/aromatic N) is 2. The number of rotatable bonds is 6. The SMILES string of the molecule is CCCCOC(=O)NCCn1cnc2ccc(Br)cc21. The van der Waals surface area contributed by atoms with E-state index in [9.17, 15) is 4.79 Å². The first-order valence-corrected chi connectivity index (χ1v) is 7.51. The third kappa shape index (κ3) is 3.96. The van der Waals surface area contributed by atoms with Crippen LogP contribution in [0.15, 0.2) is 29.0 Å². The average molecular weight is 340 g/mol. The van der Waals surface area contributed by atoms with Crippen LogP contribution in [0.2, 0.25) is 0 Å². The first-order chi connectivity index (χ1) is 9.70. The van der Waals surface area contributed by atoms with E-state index in [1.807, 2.05) is 22.8 Å². The third-order valence-electron chi connectivity index (χ3n) is 2.94. The number of amides is 1. The molecule has 0 aliphatic carbocycles. The van der Waals surface area contributed by atoms with Gasteiger partial charge in [-0.1, -0.05) is 29.3 Å². The van der Waals surface area contributed by atoms with Crippen LogP contribution < -0.4 is 5.32 Å². The van der Waals surface area contributed by atoms with E-state index in [0.717, 1.165) is 28.3 Å². The van der Waals surface area contributed by atoms with Crippen LogP contribution in [0.4, 0.5) is 4.79 Å². The number of ether oxygens (including phenoxy) is 1. The zero-order valence-corrected chi connectivity index (χ0v) is 13.0. The van der Waals surface area contributed by atoms with Gasteiger partial charge in [0.15, 0.2) is 0 Å². The second-order valence-corrected chi connectivity index (χ2v) is 5.40. The normalized spacial score (nSPS) is 10.7. The predicted molar refractivity (Wildman–Crippen MR) is 81.7 cm³/mol. The van der Waals surface area contributed by atoms with Crippen LogP contribution in [0.3, 0.4) is 0 Å². The Hall–Kier alpha value is -1.56. The Morgan fingerprint density at radius 3 is 3.15 bits per heavy atom. The van der Waals surface area contributed by atoms with Gasteiger partial charge >= 0.3 is 6.09 Å². The van der Waals surface area contributed by atoms with Crippen LogP contribution in [0.5, 0.6) is 0 Å². The maximum absolute atomic E-state index is 11.4. The highest BCUT2D eigenvalue weighted by atomic mass is 79.9. The van der Waals surface area contributed by atoms with E-state index >= 15 is 0 Å². The van der Waals surface area contributed by atoms with E-state index in [4.69, 9.17) is 4.74 Å². The molecule has 108 valence electrons. The fraction of sp³-hybridized carbons (Fsp3) is 0.429. The molecule has 2 rings (SSSR count). The minimum Gasteiger partial charge on any atom is -0.450 e. The van der Waals surface area contributed by atoms with Crippen LogP contribution in [0.1, 0.15) is 19.8 Å². The molecule has 0 radical (unpaired) electrons. The van der Waals surface area contributed by atoms with E-state index in [0.29, 0.717) is 19.7 Å². The number of carbonyl (C=O) groups excluding carboxylic acids is 1. The standard InChI is InChI=1S/C14H18BrN3O2/c1-2-3-8-20-14(19)16-6-7-18-10-17-12-5-4-11(15)9-13(12)18/h4-5,9-10H,2-3,6-8H2,1H3,(H,16,19). The molecule has 0 saturated heterocycles. The van der Waals surface area contributed by atoms with Gasteiger partial charge in [-0.25, -0.2) is 9.78 Å². The molecule has 2 aromatic rings. The maximum Gasteiger partial charge on any atom is 0.407 e. The zero-order valence-electron chi connectivity index (χ0n) is 11.4. The quantitative estimate of drug-likeness (QED) is 0.821. The van der Waals surface area contributed by atoms with Crippen molar-refractivity contribution in [2.75, 3.05) is 13.2 Å². The second-order valence-electron chi connectivity index (χ2n) is 4.49. The fourth-order valence-electron chi connectivity index (χ4n) is 1.85. The molecule has 1 amide bonds. The molecular formula is C14H18BrN3O2. The van der Waals surface area contributed by atoms with Crippen molar-refractivity contribution < 1.29 is 9.53 Å². The smallest absolute Gasteiger partial charge is 0.407 e. The summed E-state index contributed by atoms with van der Waals surface area (Å²) < 4.78 is 8.05. The largest absolute Gasteiger partial charge is 0.450 e. The Balaban J connectivity index is 1.84. The van der Waals surface area contributed by atoms with Crippen LogP contribution in [-0.4, -0.2) is 28.8 Å². The van der Waals surface area contributed by atoms with E-state index in [2.05, 4.69) is 33.2 Å². The van der Waals surface area contributed by atoms with Crippen molar-refractivity contribution in [3.05, 3.63) is 29.0 Å². The Morgan fingerprint density at radius 1 is 1.50 bits per heavy atom. The molecule has 0 saturated carbocycles. The molecule has 1 aromatic carbocycles. The van der Waals surface area contributed by atoms with E-state index in [1.54, 1.807) is 6.33 Å². The monoisotopic (exact) mass is 339 g/mol. The number of alkyl carbamates (subject to hydrolysis) is 1. The molecule has 1 aromatic heterocycles. The van der Waals surface area contributed by atoms with Crippen molar-refractivity contribution in [3.63, 3.8) is 0 Å². The molecule has 0 aliphatic heterocycles. The van der Waals surface area contributed by atoms with Crippen LogP contribution in [-0.2, 0) is 11.3 Å². The van der Waals surface area contributed by atoms with Gasteiger partial charge in [0.2, 0.25) is 0 Å². The maximum atomic E-state index is 11.4. The lowest BCUT2D eigenvalue weighted by Crippen LogP contribution is -2.28. The minimum absolute atomic E-state index is 0.357. The number of benzene rings is 1. The zero-order chi connectivity index (χ0) is 14.4. The first kappa shape index (κ1) is 14.8. The Labute approximate surface area is 126 Å². The molecule has 0 atom stereocenters. The lowest BCUT2D eigenvalue weighted by molar-refractivity contribution is 0.144. The third-order valence-corrected chi connectivity index (χ3v) is 3.43. The van der Waals surface area contributed by atoms with Crippen LogP contribution in [0.25, 0.3) is 11.0 Å². The summed E-state index contributed by atoms with van der Waals surface area (Å²) in [5.41, 5.74) is 1.99. The molecule has 0 aliphatic rings. The number of aromatic nitrogens is 2. The van der Waals surface area contributed by atoms with Gasteiger partial charge in [-0.3, -0.25) is 0 Å². The van der Waals surface area contributed by atoms with Gasteiger partial charge in [0, 0.05) is 17.6 Å². The van der Waals surface area contributed by atoms with Crippen molar-refractivity contribution in [3.8, 4) is 0 Å². The summed E-state index contributed by atoms with van der Waals surface area (Å²) in [6.45, 7) is 3.71. The minimum atomic E-state index is -0.357. The lowest BCUT2D eigenvalue weighted by Gasteiger charge is -2.07. The molecule has 0 fully saturated rings. The van der Waals surface area contributed by atoms with Gasteiger partial charge in [-0.05, 0) is 24.6 Å². The van der Waals surface area contributed by atoms with Gasteiger partial charge in [0.05, 0.1) is 24.0 Å². The van der Waals surface area contributed by atoms with Gasteiger partial charge in [-0.15, -0.1) is 0 Å². The number of hydrogen-bond acceptors (Lipinski definition) is 3. The summed E-state index contributed by atoms with van der Waals surface area (Å²) in [5.74, 6) is 0. The van der Waals surface area contributed by atoms with Gasteiger partial charge in [0.1, 0.15) is 0 Å². The number of halogens is 1. The summed E-state index contributed by atoms with van der Waals surface area (Å²) in [6, 6.07) is 5.94. The Kier molecular flexibility index (Phi) is 5.40. The number of hydrogen-bond donors (Lipinski definition) is 1. The van der Waals surface area contributed by atoms with Crippen molar-refractivity contribution >= 4 is 33.1 Å². The van der Waals surface area contributed by atoms with Crippen LogP contribution in [0, 0.1) is 0 Å². The highest BCUT2D eigenvalue weighted by molar-refractivity contribution is 9.10. The average Bonchev–Trinajstić information content (AvgIpc) is 2.82. The van der Waals surface area contributed by atoms with Crippen molar-refractivity contribution in [2.24, 2.45) is 0 Å². The molecule has 1 heterocycles. The van der Waals surface area contributed by atoms with Gasteiger partial charge in [-0.2, -0.15) is 0 Å². The summed E-state index contributed by atoms with van der Waals surface area (Å²) in [4.78, 5) is 15.7. The topological polar surface area (TPSA) is 56.1 Å². The van der Waals surface area contributed by atoms with Gasteiger partial charge < -0.3 is 14.6 Å². The number of unbranched alkanes of at least 4 members (excludes halogenated alkanes) is 1. The second kappa shape index (κ2) is 7.28. The number of carbonyl (C=O) groups is 1. The molecule has 0 unspecified atom stereocenters. The Bertz CT molecular complexity index is 583.